The van der Waals surface area contributed by atoms with Crippen molar-refractivity contribution in [3.63, 3.8) is 0 Å². The van der Waals surface area contributed by atoms with Crippen LogP contribution in [0.4, 0.5) is 5.69 Å². The Kier molecular flexibility index (Phi) is 6.04. The summed E-state index contributed by atoms with van der Waals surface area (Å²) in [4.78, 5) is 19.3. The fourth-order valence-corrected chi connectivity index (χ4v) is 3.80. The number of amides is 1. The summed E-state index contributed by atoms with van der Waals surface area (Å²) in [7, 11) is 0. The minimum Gasteiger partial charge on any atom is -0.508 e. The summed E-state index contributed by atoms with van der Waals surface area (Å²) in [5.74, 6) is 0.688. The van der Waals surface area contributed by atoms with E-state index in [0.29, 0.717) is 11.5 Å². The highest BCUT2D eigenvalue weighted by molar-refractivity contribution is 6.27. The Hall–Kier alpha value is -3.92. The van der Waals surface area contributed by atoms with Crippen molar-refractivity contribution in [1.82, 2.24) is 0 Å². The summed E-state index contributed by atoms with van der Waals surface area (Å²) < 4.78 is 0. The van der Waals surface area contributed by atoms with Gasteiger partial charge in [0.2, 0.25) is 0 Å². The first-order valence-corrected chi connectivity index (χ1v) is 10.7. The molecular weight excluding hydrogens is 396 g/mol. The maximum Gasteiger partial charge on any atom is 0.296 e. The number of phenolic OH excluding ortho intramolecular Hbond substituents is 1. The zero-order chi connectivity index (χ0) is 22.7. The van der Waals surface area contributed by atoms with E-state index < -0.39 is 0 Å². The Labute approximate surface area is 188 Å². The molecule has 0 fully saturated rings. The monoisotopic (exact) mass is 422 g/mol. The average molecular weight is 423 g/mol. The molecule has 0 unspecified atom stereocenters. The number of carbonyl (C=O) groups excluding carboxylic acids is 1. The normalized spacial score (nSPS) is 15.2. The van der Waals surface area contributed by atoms with Crippen LogP contribution >= 0.6 is 0 Å². The van der Waals surface area contributed by atoms with Gasteiger partial charge in [-0.15, -0.1) is 0 Å². The van der Waals surface area contributed by atoms with Crippen LogP contribution in [-0.4, -0.2) is 16.8 Å². The molecule has 1 aliphatic rings. The summed E-state index contributed by atoms with van der Waals surface area (Å²) in [5, 5.41) is 10.5. The molecule has 0 aliphatic carbocycles. The van der Waals surface area contributed by atoms with E-state index in [1.165, 1.54) is 0 Å². The van der Waals surface area contributed by atoms with Gasteiger partial charge in [0.15, 0.2) is 0 Å². The molecule has 4 heteroatoms. The third kappa shape index (κ3) is 4.26. The van der Waals surface area contributed by atoms with Crippen LogP contribution in [0.2, 0.25) is 0 Å². The molecule has 0 atom stereocenters. The third-order valence-electron chi connectivity index (χ3n) is 5.46. The lowest BCUT2D eigenvalue weighted by molar-refractivity contribution is -0.113. The molecule has 1 aliphatic heterocycles. The Morgan fingerprint density at radius 2 is 1.62 bits per heavy atom. The van der Waals surface area contributed by atoms with E-state index in [4.69, 9.17) is 0 Å². The quantitative estimate of drug-likeness (QED) is 0.497. The van der Waals surface area contributed by atoms with Gasteiger partial charge in [0.05, 0.1) is 5.69 Å². The zero-order valence-corrected chi connectivity index (χ0v) is 18.5. The van der Waals surface area contributed by atoms with Crippen molar-refractivity contribution in [2.45, 2.75) is 26.7 Å². The first-order chi connectivity index (χ1) is 15.5. The lowest BCUT2D eigenvalue weighted by Crippen LogP contribution is -2.28. The van der Waals surface area contributed by atoms with Crippen LogP contribution in [0.15, 0.2) is 95.6 Å². The first kappa shape index (κ1) is 21.3. The molecule has 3 aromatic rings. The van der Waals surface area contributed by atoms with Crippen LogP contribution in [-0.2, 0) is 4.79 Å². The van der Waals surface area contributed by atoms with Gasteiger partial charge < -0.3 is 5.11 Å². The van der Waals surface area contributed by atoms with Crippen molar-refractivity contribution in [1.29, 1.82) is 0 Å². The number of aryl methyl sites for hydroxylation is 1. The van der Waals surface area contributed by atoms with Gasteiger partial charge in [-0.2, -0.15) is 4.99 Å². The molecule has 4 nitrogen and oxygen atoms in total. The number of carbonyl (C=O) groups is 1. The SMILES string of the molecule is Cc1cc(O)c(C(C)C)cc1N1C(=C/C=C/c2ccccc2)C(=O)N=C1c1ccccc1. The van der Waals surface area contributed by atoms with E-state index in [-0.39, 0.29) is 17.6 Å². The maximum absolute atomic E-state index is 13.0. The van der Waals surface area contributed by atoms with Crippen LogP contribution in [0.3, 0.4) is 0 Å². The Morgan fingerprint density at radius 3 is 2.28 bits per heavy atom. The molecule has 1 N–H and O–H groups in total. The highest BCUT2D eigenvalue weighted by Crippen LogP contribution is 2.37. The molecule has 0 saturated carbocycles. The van der Waals surface area contributed by atoms with Gasteiger partial charge in [0, 0.05) is 5.56 Å². The lowest BCUT2D eigenvalue weighted by Gasteiger charge is -2.25. The summed E-state index contributed by atoms with van der Waals surface area (Å²) in [6.07, 6.45) is 5.64. The molecular formula is C28H26N2O2. The number of allylic oxidation sites excluding steroid dienone is 2. The highest BCUT2D eigenvalue weighted by Gasteiger charge is 2.32. The average Bonchev–Trinajstić information content (AvgIpc) is 3.11. The number of phenols is 1. The molecule has 3 aromatic carbocycles. The van der Waals surface area contributed by atoms with Crippen LogP contribution in [0.5, 0.6) is 5.75 Å². The second-order valence-electron chi connectivity index (χ2n) is 8.12. The molecule has 0 saturated heterocycles. The number of hydrogen-bond donors (Lipinski definition) is 1. The predicted molar refractivity (Wildman–Crippen MR) is 131 cm³/mol. The van der Waals surface area contributed by atoms with E-state index in [0.717, 1.165) is 27.9 Å². The minimum absolute atomic E-state index is 0.134. The molecule has 0 spiro atoms. The van der Waals surface area contributed by atoms with Crippen molar-refractivity contribution in [2.24, 2.45) is 4.99 Å². The summed E-state index contributed by atoms with van der Waals surface area (Å²) in [6, 6.07) is 23.3. The number of nitrogens with zero attached hydrogens (tertiary/aromatic N) is 2. The number of rotatable bonds is 5. The van der Waals surface area contributed by atoms with Crippen molar-refractivity contribution in [3.8, 4) is 5.75 Å². The molecule has 160 valence electrons. The molecule has 4 rings (SSSR count). The van der Waals surface area contributed by atoms with Crippen LogP contribution < -0.4 is 4.90 Å². The molecule has 0 bridgehead atoms. The van der Waals surface area contributed by atoms with E-state index in [1.807, 2.05) is 105 Å². The molecule has 0 aromatic heterocycles. The van der Waals surface area contributed by atoms with E-state index in [1.54, 1.807) is 12.1 Å². The number of aromatic hydroxyl groups is 1. The van der Waals surface area contributed by atoms with Gasteiger partial charge in [0.1, 0.15) is 17.3 Å². The first-order valence-electron chi connectivity index (χ1n) is 10.7. The molecule has 32 heavy (non-hydrogen) atoms. The fraction of sp³-hybridized carbons (Fsp3) is 0.143. The maximum atomic E-state index is 13.0. The van der Waals surface area contributed by atoms with Gasteiger partial charge in [-0.3, -0.25) is 9.69 Å². The van der Waals surface area contributed by atoms with Crippen molar-refractivity contribution < 1.29 is 9.90 Å². The van der Waals surface area contributed by atoms with Crippen LogP contribution in [0.25, 0.3) is 6.08 Å². The number of amidine groups is 1. The Balaban J connectivity index is 1.84. The van der Waals surface area contributed by atoms with Gasteiger partial charge in [0.25, 0.3) is 5.91 Å². The highest BCUT2D eigenvalue weighted by atomic mass is 16.3. The Bertz CT molecular complexity index is 1220. The van der Waals surface area contributed by atoms with Gasteiger partial charge in [-0.1, -0.05) is 86.7 Å². The van der Waals surface area contributed by atoms with Crippen LogP contribution in [0.1, 0.15) is 42.0 Å². The summed E-state index contributed by atoms with van der Waals surface area (Å²) in [6.45, 7) is 6.01. The summed E-state index contributed by atoms with van der Waals surface area (Å²) >= 11 is 0. The van der Waals surface area contributed by atoms with Crippen molar-refractivity contribution in [3.05, 3.63) is 113 Å². The second-order valence-corrected chi connectivity index (χ2v) is 8.12. The van der Waals surface area contributed by atoms with E-state index in [9.17, 15) is 9.90 Å². The molecule has 1 amide bonds. The van der Waals surface area contributed by atoms with Crippen LogP contribution in [0, 0.1) is 6.92 Å². The number of aliphatic imine (C=N–C) groups is 1. The smallest absolute Gasteiger partial charge is 0.296 e. The predicted octanol–water partition coefficient (Wildman–Crippen LogP) is 6.21. The molecule has 1 heterocycles. The number of anilines is 1. The fourth-order valence-electron chi connectivity index (χ4n) is 3.80. The second kappa shape index (κ2) is 9.06. The van der Waals surface area contributed by atoms with Gasteiger partial charge in [-0.05, 0) is 47.7 Å². The standard InChI is InChI=1S/C28H26N2O2/c1-19(2)23-18-25(20(3)17-26(23)31)30-24(16-10-13-21-11-6-4-7-12-21)28(32)29-27(30)22-14-8-5-9-15-22/h4-19,31H,1-3H3/b13-10+,24-16?. The zero-order valence-electron chi connectivity index (χ0n) is 18.5. The number of benzene rings is 3. The van der Waals surface area contributed by atoms with Crippen molar-refractivity contribution >= 4 is 23.5 Å². The minimum atomic E-state index is -0.292. The summed E-state index contributed by atoms with van der Waals surface area (Å²) in [5.41, 5.74) is 4.90. The molecule has 0 radical (unpaired) electrons. The third-order valence-corrected chi connectivity index (χ3v) is 5.46. The van der Waals surface area contributed by atoms with E-state index in [2.05, 4.69) is 4.99 Å². The van der Waals surface area contributed by atoms with Crippen molar-refractivity contribution in [2.75, 3.05) is 4.90 Å². The topological polar surface area (TPSA) is 52.9 Å². The van der Waals surface area contributed by atoms with E-state index >= 15 is 0 Å². The Morgan fingerprint density at radius 1 is 0.969 bits per heavy atom. The van der Waals surface area contributed by atoms with Gasteiger partial charge in [-0.25, -0.2) is 0 Å². The van der Waals surface area contributed by atoms with Gasteiger partial charge >= 0.3 is 0 Å². The largest absolute Gasteiger partial charge is 0.508 e. The number of hydrogen-bond acceptors (Lipinski definition) is 3. The lowest BCUT2D eigenvalue weighted by atomic mass is 9.98.